The molecule has 5 heterocycles. The van der Waals surface area contributed by atoms with Gasteiger partial charge in [-0.1, -0.05) is 52.8 Å². The van der Waals surface area contributed by atoms with Gasteiger partial charge >= 0.3 is 12.2 Å². The molecule has 5 aromatic rings. The number of benzene rings is 3. The second kappa shape index (κ2) is 17.3. The Morgan fingerprint density at radius 3 is 2.16 bits per heavy atom. The molecule has 4 N–H and O–H groups in total. The number of methoxy groups -OCH3 is 3. The van der Waals surface area contributed by atoms with Crippen molar-refractivity contribution in [2.75, 3.05) is 41.0 Å². The number of hydrogen-bond donors (Lipinski definition) is 4. The molecule has 1 unspecified atom stereocenters. The van der Waals surface area contributed by atoms with E-state index >= 15 is 0 Å². The quantitative estimate of drug-likeness (QED) is 0.109. The summed E-state index contributed by atoms with van der Waals surface area (Å²) in [6.45, 7) is 11.6. The molecule has 16 nitrogen and oxygen atoms in total. The Hall–Kier alpha value is -6.16. The second-order valence-corrected chi connectivity index (χ2v) is 17.6. The molecule has 3 aliphatic rings. The summed E-state index contributed by atoms with van der Waals surface area (Å²) < 4.78 is 21.6. The minimum atomic E-state index is -0.762. The maximum absolute atomic E-state index is 14.1. The number of nitrogens with zero attached hydrogens (tertiary/aromatic N) is 4. The number of carbonyl (C=O) groups excluding carboxylic acids is 4. The van der Waals surface area contributed by atoms with E-state index in [4.69, 9.17) is 28.9 Å². The molecule has 0 bridgehead atoms. The van der Waals surface area contributed by atoms with E-state index in [1.807, 2.05) is 49.8 Å². The van der Waals surface area contributed by atoms with E-state index < -0.39 is 24.3 Å². The Bertz CT molecular complexity index is 2510. The maximum atomic E-state index is 14.1. The molecule has 62 heavy (non-hydrogen) atoms. The van der Waals surface area contributed by atoms with E-state index in [9.17, 15) is 19.2 Å². The van der Waals surface area contributed by atoms with Crippen LogP contribution in [0.3, 0.4) is 0 Å². The average molecular weight is 849 g/mol. The Balaban J connectivity index is 1.05. The molecule has 3 aliphatic heterocycles. The largest absolute Gasteiger partial charge is 0.488 e. The van der Waals surface area contributed by atoms with Gasteiger partial charge in [-0.15, -0.1) is 0 Å². The first-order chi connectivity index (χ1) is 29.8. The summed E-state index contributed by atoms with van der Waals surface area (Å²) in [5.74, 6) is 1.86. The second-order valence-electron chi connectivity index (χ2n) is 17.6. The molecule has 0 spiro atoms. The standard InChI is InChI=1S/C46H56N8O8/c1-23(2)38(51-45(57)60-7)43(55)53-19-25(5)13-35(53)41-47-18-34(49-41)28-9-11-30-29(15-28)22-62-37-17-31-27(16-32(30)37)10-12-33-40(31)50-42(48-33)36-14-26(21-59-6)20-54(36)44(56)39(24(3)4)52-46(58)61-8/h9-12,15-18,23-26,35-36,38-39H,13-14,19-22H2,1-8H3,(H,47,49)(H,48,50)(H,51,57)(H,52,58)/t25-,26-,35-,36-,38?,39-/m0/s1. The Labute approximate surface area is 360 Å². The summed E-state index contributed by atoms with van der Waals surface area (Å²) in [7, 11) is 4.24. The number of nitrogens with one attached hydrogen (secondary N) is 4. The van der Waals surface area contributed by atoms with Crippen LogP contribution in [0, 0.1) is 23.7 Å². The number of fused-ring (bicyclic) bond motifs is 6. The van der Waals surface area contributed by atoms with E-state index in [1.165, 1.54) is 14.2 Å². The van der Waals surface area contributed by atoms with Crippen LogP contribution < -0.4 is 15.4 Å². The van der Waals surface area contributed by atoms with Gasteiger partial charge in [0.05, 0.1) is 55.8 Å². The van der Waals surface area contributed by atoms with Gasteiger partial charge in [0.2, 0.25) is 11.8 Å². The summed E-state index contributed by atoms with van der Waals surface area (Å²) in [5, 5.41) is 7.42. The lowest BCUT2D eigenvalue weighted by molar-refractivity contribution is -0.136. The van der Waals surface area contributed by atoms with E-state index in [1.54, 1.807) is 7.11 Å². The molecule has 16 heteroatoms. The third-order valence-electron chi connectivity index (χ3n) is 12.6. The normalized spacial score (nSPS) is 20.5. The number of H-pyrrole nitrogens is 2. The number of rotatable bonds is 11. The van der Waals surface area contributed by atoms with Crippen LogP contribution in [-0.4, -0.2) is 107 Å². The highest BCUT2D eigenvalue weighted by molar-refractivity contribution is 6.07. The first-order valence-corrected chi connectivity index (χ1v) is 21.3. The van der Waals surface area contributed by atoms with Gasteiger partial charge in [-0.05, 0) is 76.9 Å². The number of carbonyl (C=O) groups is 4. The SMILES string of the molecule is COC[C@H]1C[C@@H](c2nc3ccc4cc5c(cc4c3[nH]2)OCc2cc(-c3cnc([C@@H]4C[C@H](C)CN4C(=O)C(NC(=O)OC)C(C)C)[nH]3)ccc2-5)N(C(=O)[C@@H](NC(=O)OC)C(C)C)C1. The number of hydrogen-bond acceptors (Lipinski definition) is 10. The fourth-order valence-corrected chi connectivity index (χ4v) is 9.38. The van der Waals surface area contributed by atoms with Crippen molar-refractivity contribution in [1.82, 2.24) is 40.4 Å². The van der Waals surface area contributed by atoms with Crippen molar-refractivity contribution in [1.29, 1.82) is 0 Å². The molecule has 2 fully saturated rings. The van der Waals surface area contributed by atoms with Crippen molar-refractivity contribution < 1.29 is 38.1 Å². The molecule has 4 amide bonds. The van der Waals surface area contributed by atoms with Gasteiger partial charge < -0.3 is 49.3 Å². The average Bonchev–Trinajstić information content (AvgIpc) is 4.09. The van der Waals surface area contributed by atoms with Crippen molar-refractivity contribution in [2.24, 2.45) is 23.7 Å². The lowest BCUT2D eigenvalue weighted by Crippen LogP contribution is -2.51. The number of aromatic nitrogens is 4. The molecule has 2 saturated heterocycles. The van der Waals surface area contributed by atoms with Crippen LogP contribution in [0.5, 0.6) is 5.75 Å². The molecule has 8 rings (SSSR count). The van der Waals surface area contributed by atoms with E-state index in [0.717, 1.165) is 61.9 Å². The molecule has 2 aromatic heterocycles. The van der Waals surface area contributed by atoms with Crippen molar-refractivity contribution in [3.63, 3.8) is 0 Å². The van der Waals surface area contributed by atoms with Crippen LogP contribution in [-0.2, 0) is 30.4 Å². The molecular formula is C46H56N8O8. The van der Waals surface area contributed by atoms with Crippen LogP contribution in [0.1, 0.15) is 76.8 Å². The fourth-order valence-electron chi connectivity index (χ4n) is 9.38. The topological polar surface area (TPSA) is 193 Å². The minimum Gasteiger partial charge on any atom is -0.488 e. The van der Waals surface area contributed by atoms with Crippen molar-refractivity contribution in [3.05, 3.63) is 65.9 Å². The number of likely N-dealkylation sites (tertiary alicyclic amines) is 2. The lowest BCUT2D eigenvalue weighted by Gasteiger charge is -2.30. The zero-order valence-corrected chi connectivity index (χ0v) is 36.5. The third-order valence-corrected chi connectivity index (χ3v) is 12.6. The van der Waals surface area contributed by atoms with Gasteiger partial charge in [-0.3, -0.25) is 9.59 Å². The first-order valence-electron chi connectivity index (χ1n) is 21.3. The predicted molar refractivity (Wildman–Crippen MR) is 232 cm³/mol. The Morgan fingerprint density at radius 1 is 0.823 bits per heavy atom. The van der Waals surface area contributed by atoms with Crippen LogP contribution in [0.4, 0.5) is 9.59 Å². The van der Waals surface area contributed by atoms with Gasteiger partial charge in [0.1, 0.15) is 36.1 Å². The zero-order valence-electron chi connectivity index (χ0n) is 36.5. The molecule has 0 aliphatic carbocycles. The number of alkyl carbamates (subject to hydrolysis) is 2. The van der Waals surface area contributed by atoms with Crippen molar-refractivity contribution in [2.45, 2.75) is 78.2 Å². The smallest absolute Gasteiger partial charge is 0.407 e. The Kier molecular flexibility index (Phi) is 11.9. The molecule has 0 saturated carbocycles. The Morgan fingerprint density at radius 2 is 1.50 bits per heavy atom. The number of imidazole rings is 2. The van der Waals surface area contributed by atoms with E-state index in [2.05, 4.69) is 63.9 Å². The highest BCUT2D eigenvalue weighted by Gasteiger charge is 2.42. The maximum Gasteiger partial charge on any atom is 0.407 e. The number of aromatic amines is 2. The van der Waals surface area contributed by atoms with Crippen LogP contribution in [0.2, 0.25) is 0 Å². The summed E-state index contributed by atoms with van der Waals surface area (Å²) in [4.78, 5) is 72.7. The summed E-state index contributed by atoms with van der Waals surface area (Å²) in [6, 6.07) is 12.5. The molecule has 3 aromatic carbocycles. The van der Waals surface area contributed by atoms with Crippen LogP contribution >= 0.6 is 0 Å². The zero-order chi connectivity index (χ0) is 44.0. The van der Waals surface area contributed by atoms with Gasteiger partial charge in [0.15, 0.2) is 0 Å². The van der Waals surface area contributed by atoms with Crippen molar-refractivity contribution in [3.8, 4) is 28.1 Å². The molecular weight excluding hydrogens is 793 g/mol. The fraction of sp³-hybridized carbons (Fsp3) is 0.478. The third kappa shape index (κ3) is 8.03. The highest BCUT2D eigenvalue weighted by atomic mass is 16.5. The van der Waals surface area contributed by atoms with Crippen LogP contribution in [0.15, 0.2) is 48.7 Å². The highest BCUT2D eigenvalue weighted by Crippen LogP contribution is 2.44. The van der Waals surface area contributed by atoms with Gasteiger partial charge in [0, 0.05) is 37.1 Å². The first kappa shape index (κ1) is 42.5. The van der Waals surface area contributed by atoms with Gasteiger partial charge in [-0.2, -0.15) is 0 Å². The predicted octanol–water partition coefficient (Wildman–Crippen LogP) is 6.87. The minimum absolute atomic E-state index is 0.0964. The van der Waals surface area contributed by atoms with E-state index in [-0.39, 0.29) is 47.6 Å². The number of amides is 4. The van der Waals surface area contributed by atoms with Gasteiger partial charge in [0.25, 0.3) is 0 Å². The molecule has 6 atom stereocenters. The monoisotopic (exact) mass is 848 g/mol. The van der Waals surface area contributed by atoms with E-state index in [0.29, 0.717) is 44.4 Å². The van der Waals surface area contributed by atoms with Crippen LogP contribution in [0.25, 0.3) is 44.2 Å². The summed E-state index contributed by atoms with van der Waals surface area (Å²) in [5.41, 5.74) is 6.51. The van der Waals surface area contributed by atoms with Crippen molar-refractivity contribution >= 4 is 45.8 Å². The lowest BCUT2D eigenvalue weighted by atomic mass is 9.92. The molecule has 0 radical (unpaired) electrons. The summed E-state index contributed by atoms with van der Waals surface area (Å²) in [6.07, 6.45) is 1.93. The van der Waals surface area contributed by atoms with Gasteiger partial charge in [-0.25, -0.2) is 19.6 Å². The summed E-state index contributed by atoms with van der Waals surface area (Å²) >= 11 is 0. The molecule has 328 valence electrons. The number of ether oxygens (including phenoxy) is 4.